The number of amides is 2. The van der Waals surface area contributed by atoms with Crippen LogP contribution < -0.4 is 5.32 Å². The van der Waals surface area contributed by atoms with Gasteiger partial charge in [0.1, 0.15) is 0 Å². The lowest BCUT2D eigenvalue weighted by Gasteiger charge is -2.18. The lowest BCUT2D eigenvalue weighted by atomic mass is 10.1. The van der Waals surface area contributed by atoms with Crippen molar-refractivity contribution in [3.05, 3.63) is 42.0 Å². The molecule has 2 amide bonds. The highest BCUT2D eigenvalue weighted by Gasteiger charge is 2.12. The number of nitrogens with one attached hydrogen (secondary N) is 1. The number of aryl methyl sites for hydroxylation is 1. The quantitative estimate of drug-likeness (QED) is 0.497. The molecule has 0 fully saturated rings. The largest absolute Gasteiger partial charge is 0.465 e. The Labute approximate surface area is 125 Å². The summed E-state index contributed by atoms with van der Waals surface area (Å²) in [4.78, 5) is 25.1. The fraction of sp³-hybridized carbons (Fsp3) is 0.375. The summed E-state index contributed by atoms with van der Waals surface area (Å²) in [6.45, 7) is 6.15. The fourth-order valence-corrected chi connectivity index (χ4v) is 1.83. The normalized spacial score (nSPS) is 9.86. The van der Waals surface area contributed by atoms with Gasteiger partial charge >= 0.3 is 12.0 Å². The van der Waals surface area contributed by atoms with Crippen LogP contribution in [0.2, 0.25) is 0 Å². The zero-order valence-corrected chi connectivity index (χ0v) is 12.8. The van der Waals surface area contributed by atoms with Gasteiger partial charge in [-0.05, 0) is 43.5 Å². The van der Waals surface area contributed by atoms with E-state index in [-0.39, 0.29) is 6.03 Å². The number of hydrogen-bond acceptors (Lipinski definition) is 3. The average molecular weight is 290 g/mol. The minimum atomic E-state index is -0.391. The van der Waals surface area contributed by atoms with Gasteiger partial charge in [0, 0.05) is 19.3 Å². The maximum atomic E-state index is 12.0. The van der Waals surface area contributed by atoms with Crippen LogP contribution in [0.1, 0.15) is 28.8 Å². The van der Waals surface area contributed by atoms with Crippen LogP contribution in [0.25, 0.3) is 0 Å². The topological polar surface area (TPSA) is 58.6 Å². The van der Waals surface area contributed by atoms with E-state index in [4.69, 9.17) is 0 Å². The number of carbonyl (C=O) groups is 2. The van der Waals surface area contributed by atoms with E-state index in [9.17, 15) is 9.59 Å². The Kier molecular flexibility index (Phi) is 6.46. The second kappa shape index (κ2) is 8.09. The molecule has 1 rings (SSSR count). The molecule has 0 bridgehead atoms. The minimum absolute atomic E-state index is 0.173. The van der Waals surface area contributed by atoms with E-state index in [1.54, 1.807) is 30.1 Å². The van der Waals surface area contributed by atoms with Gasteiger partial charge in [-0.3, -0.25) is 0 Å². The number of nitrogens with zero attached hydrogens (tertiary/aromatic N) is 1. The smallest absolute Gasteiger partial charge is 0.337 e. The summed E-state index contributed by atoms with van der Waals surface area (Å²) in [5, 5.41) is 2.83. The molecule has 1 N–H and O–H groups in total. The van der Waals surface area contributed by atoms with Gasteiger partial charge < -0.3 is 15.0 Å². The van der Waals surface area contributed by atoms with Gasteiger partial charge in [-0.25, -0.2) is 9.59 Å². The van der Waals surface area contributed by atoms with Crippen molar-refractivity contribution in [2.45, 2.75) is 19.8 Å². The van der Waals surface area contributed by atoms with Gasteiger partial charge in [-0.15, -0.1) is 6.58 Å². The van der Waals surface area contributed by atoms with E-state index in [1.165, 1.54) is 7.11 Å². The number of hydrogen-bond donors (Lipinski definition) is 1. The second-order valence-corrected chi connectivity index (χ2v) is 4.80. The third-order valence-electron chi connectivity index (χ3n) is 3.14. The van der Waals surface area contributed by atoms with E-state index >= 15 is 0 Å². The first kappa shape index (κ1) is 16.8. The zero-order valence-electron chi connectivity index (χ0n) is 12.8. The first-order chi connectivity index (χ1) is 9.99. The zero-order chi connectivity index (χ0) is 15.8. The molecule has 5 heteroatoms. The summed E-state index contributed by atoms with van der Waals surface area (Å²) in [5.74, 6) is -0.391. The van der Waals surface area contributed by atoms with Crippen LogP contribution in [0, 0.1) is 6.92 Å². The molecular formula is C16H22N2O3. The summed E-state index contributed by atoms with van der Waals surface area (Å²) in [6.07, 6.45) is 3.60. The number of anilines is 1. The van der Waals surface area contributed by atoms with E-state index < -0.39 is 5.97 Å². The van der Waals surface area contributed by atoms with Crippen LogP contribution in [-0.2, 0) is 4.74 Å². The van der Waals surface area contributed by atoms with Crippen molar-refractivity contribution in [3.8, 4) is 0 Å². The van der Waals surface area contributed by atoms with Crippen molar-refractivity contribution in [1.82, 2.24) is 4.90 Å². The van der Waals surface area contributed by atoms with Gasteiger partial charge in [0.15, 0.2) is 0 Å². The number of carbonyl (C=O) groups excluding carboxylic acids is 2. The summed E-state index contributed by atoms with van der Waals surface area (Å²) in [7, 11) is 3.09. The summed E-state index contributed by atoms with van der Waals surface area (Å²) >= 11 is 0. The molecule has 0 radical (unpaired) electrons. The lowest BCUT2D eigenvalue weighted by Crippen LogP contribution is -2.32. The Hall–Kier alpha value is -2.30. The van der Waals surface area contributed by atoms with Gasteiger partial charge in [0.05, 0.1) is 12.7 Å². The second-order valence-electron chi connectivity index (χ2n) is 4.80. The molecule has 114 valence electrons. The molecule has 0 spiro atoms. The minimum Gasteiger partial charge on any atom is -0.465 e. The third-order valence-corrected chi connectivity index (χ3v) is 3.14. The van der Waals surface area contributed by atoms with E-state index in [0.29, 0.717) is 17.8 Å². The predicted molar refractivity (Wildman–Crippen MR) is 83.6 cm³/mol. The van der Waals surface area contributed by atoms with Crippen molar-refractivity contribution in [2.24, 2.45) is 0 Å². The molecule has 0 heterocycles. The molecule has 1 aromatic rings. The molecule has 21 heavy (non-hydrogen) atoms. The van der Waals surface area contributed by atoms with Crippen molar-refractivity contribution in [2.75, 3.05) is 26.0 Å². The molecule has 0 aliphatic carbocycles. The Balaban J connectivity index is 2.68. The molecule has 0 saturated carbocycles. The number of unbranched alkanes of at least 4 members (excludes halogenated alkanes) is 1. The number of esters is 1. The molecule has 5 nitrogen and oxygen atoms in total. The van der Waals surface area contributed by atoms with Gasteiger partial charge in [-0.2, -0.15) is 0 Å². The standard InChI is InChI=1S/C16H22N2O3/c1-5-6-7-10-18(3)16(20)17-14-9-8-13(11-12(14)2)15(19)21-4/h5,8-9,11H,1,6-7,10H2,2-4H3,(H,17,20). The van der Waals surface area contributed by atoms with Crippen molar-refractivity contribution in [1.29, 1.82) is 0 Å². The predicted octanol–water partition coefficient (Wildman–Crippen LogP) is 3.21. The van der Waals surface area contributed by atoms with E-state index in [0.717, 1.165) is 18.4 Å². The van der Waals surface area contributed by atoms with E-state index in [1.807, 2.05) is 13.0 Å². The Bertz CT molecular complexity index is 526. The summed E-state index contributed by atoms with van der Waals surface area (Å²) < 4.78 is 4.66. The van der Waals surface area contributed by atoms with Gasteiger partial charge in [0.25, 0.3) is 0 Å². The van der Waals surface area contributed by atoms with Crippen LogP contribution in [-0.4, -0.2) is 37.6 Å². The number of ether oxygens (including phenoxy) is 1. The van der Waals surface area contributed by atoms with E-state index in [2.05, 4.69) is 16.6 Å². The van der Waals surface area contributed by atoms with Gasteiger partial charge in [-0.1, -0.05) is 6.08 Å². The van der Waals surface area contributed by atoms with Crippen molar-refractivity contribution < 1.29 is 14.3 Å². The number of rotatable bonds is 6. The fourth-order valence-electron chi connectivity index (χ4n) is 1.83. The summed E-state index contributed by atoms with van der Waals surface area (Å²) in [5.41, 5.74) is 1.96. The van der Waals surface area contributed by atoms with Crippen LogP contribution in [0.15, 0.2) is 30.9 Å². The highest BCUT2D eigenvalue weighted by atomic mass is 16.5. The molecule has 0 aliphatic rings. The van der Waals surface area contributed by atoms with Crippen LogP contribution in [0.4, 0.5) is 10.5 Å². The molecular weight excluding hydrogens is 268 g/mol. The average Bonchev–Trinajstić information content (AvgIpc) is 2.48. The molecule has 0 aromatic heterocycles. The number of urea groups is 1. The maximum Gasteiger partial charge on any atom is 0.337 e. The Morgan fingerprint density at radius 1 is 1.43 bits per heavy atom. The van der Waals surface area contributed by atoms with Crippen LogP contribution >= 0.6 is 0 Å². The Morgan fingerprint density at radius 2 is 2.14 bits per heavy atom. The molecule has 0 atom stereocenters. The highest BCUT2D eigenvalue weighted by molar-refractivity contribution is 5.93. The SMILES string of the molecule is C=CCCCN(C)C(=O)Nc1ccc(C(=O)OC)cc1C. The number of benzene rings is 1. The molecule has 0 unspecified atom stereocenters. The van der Waals surface area contributed by atoms with Crippen LogP contribution in [0.3, 0.4) is 0 Å². The monoisotopic (exact) mass is 290 g/mol. The first-order valence-electron chi connectivity index (χ1n) is 6.81. The molecule has 1 aromatic carbocycles. The first-order valence-corrected chi connectivity index (χ1v) is 6.81. The molecule has 0 aliphatic heterocycles. The molecule has 0 saturated heterocycles. The van der Waals surface area contributed by atoms with Crippen molar-refractivity contribution in [3.63, 3.8) is 0 Å². The Morgan fingerprint density at radius 3 is 2.71 bits per heavy atom. The number of methoxy groups -OCH3 is 1. The highest BCUT2D eigenvalue weighted by Crippen LogP contribution is 2.17. The van der Waals surface area contributed by atoms with Gasteiger partial charge in [0.2, 0.25) is 0 Å². The van der Waals surface area contributed by atoms with Crippen LogP contribution in [0.5, 0.6) is 0 Å². The lowest BCUT2D eigenvalue weighted by molar-refractivity contribution is 0.0600. The number of allylic oxidation sites excluding steroid dienone is 1. The maximum absolute atomic E-state index is 12.0. The summed E-state index contributed by atoms with van der Waals surface area (Å²) in [6, 6.07) is 4.86. The van der Waals surface area contributed by atoms with Crippen molar-refractivity contribution >= 4 is 17.7 Å². The third kappa shape index (κ3) is 4.95.